The average Bonchev–Trinajstić information content (AvgIpc) is 3.18. The van der Waals surface area contributed by atoms with Crippen LogP contribution < -0.4 is 0 Å². The molecule has 0 aromatic heterocycles. The van der Waals surface area contributed by atoms with Gasteiger partial charge in [0.2, 0.25) is 0 Å². The van der Waals surface area contributed by atoms with Crippen LogP contribution in [0.4, 0.5) is 4.79 Å². The maximum absolute atomic E-state index is 12.7. The van der Waals surface area contributed by atoms with Crippen LogP contribution in [0.3, 0.4) is 0 Å². The van der Waals surface area contributed by atoms with Gasteiger partial charge in [0.05, 0.1) is 6.04 Å². The van der Waals surface area contributed by atoms with E-state index in [4.69, 9.17) is 0 Å². The van der Waals surface area contributed by atoms with Crippen molar-refractivity contribution in [1.82, 2.24) is 14.7 Å². The summed E-state index contributed by atoms with van der Waals surface area (Å²) < 4.78 is 0. The van der Waals surface area contributed by atoms with Crippen LogP contribution in [0.1, 0.15) is 41.6 Å². The molecule has 0 saturated carbocycles. The molecule has 3 aliphatic heterocycles. The number of amides is 3. The van der Waals surface area contributed by atoms with E-state index in [0.29, 0.717) is 12.1 Å². The zero-order chi connectivity index (χ0) is 16.7. The van der Waals surface area contributed by atoms with E-state index >= 15 is 0 Å². The number of carbonyl (C=O) groups is 2. The number of rotatable bonds is 2. The fourth-order valence-corrected chi connectivity index (χ4v) is 4.42. The molecule has 1 atom stereocenters. The molecular weight excluding hydrogens is 302 g/mol. The third-order valence-corrected chi connectivity index (χ3v) is 5.84. The summed E-state index contributed by atoms with van der Waals surface area (Å²) in [4.78, 5) is 31.3. The molecule has 24 heavy (non-hydrogen) atoms. The highest BCUT2D eigenvalue weighted by Gasteiger charge is 2.43. The van der Waals surface area contributed by atoms with E-state index in [1.807, 2.05) is 41.0 Å². The molecule has 0 bridgehead atoms. The van der Waals surface area contributed by atoms with Crippen molar-refractivity contribution >= 4 is 11.9 Å². The Bertz CT molecular complexity index is 652. The average molecular weight is 327 g/mol. The summed E-state index contributed by atoms with van der Waals surface area (Å²) in [5.41, 5.74) is 1.83. The molecule has 4 rings (SSSR count). The largest absolute Gasteiger partial charge is 0.338 e. The third kappa shape index (κ3) is 2.56. The quantitative estimate of drug-likeness (QED) is 0.838. The zero-order valence-electron chi connectivity index (χ0n) is 14.3. The summed E-state index contributed by atoms with van der Waals surface area (Å²) in [7, 11) is 0. The maximum atomic E-state index is 12.7. The molecule has 0 spiro atoms. The third-order valence-electron chi connectivity index (χ3n) is 5.84. The topological polar surface area (TPSA) is 43.9 Å². The normalized spacial score (nSPS) is 24.6. The summed E-state index contributed by atoms with van der Waals surface area (Å²) in [6, 6.07) is 8.72. The summed E-state index contributed by atoms with van der Waals surface area (Å²) in [6.07, 6.45) is 4.08. The Morgan fingerprint density at radius 1 is 1.00 bits per heavy atom. The molecule has 128 valence electrons. The summed E-state index contributed by atoms with van der Waals surface area (Å²) in [6.45, 7) is 5.27. The minimum atomic E-state index is 0.125. The second-order valence-corrected chi connectivity index (χ2v) is 7.26. The van der Waals surface area contributed by atoms with E-state index in [0.717, 1.165) is 63.0 Å². The summed E-state index contributed by atoms with van der Waals surface area (Å²) in [5, 5.41) is 0. The van der Waals surface area contributed by atoms with Crippen LogP contribution in [0, 0.1) is 6.92 Å². The van der Waals surface area contributed by atoms with Crippen LogP contribution in [-0.4, -0.2) is 64.9 Å². The predicted molar refractivity (Wildman–Crippen MR) is 91.9 cm³/mol. The summed E-state index contributed by atoms with van der Waals surface area (Å²) in [5.74, 6) is 0.125. The number of likely N-dealkylation sites (tertiary alicyclic amines) is 1. The van der Waals surface area contributed by atoms with Crippen molar-refractivity contribution in [2.24, 2.45) is 0 Å². The van der Waals surface area contributed by atoms with Crippen LogP contribution in [-0.2, 0) is 0 Å². The molecule has 0 aliphatic carbocycles. The van der Waals surface area contributed by atoms with E-state index < -0.39 is 0 Å². The first-order chi connectivity index (χ1) is 11.6. The van der Waals surface area contributed by atoms with Gasteiger partial charge in [-0.3, -0.25) is 4.79 Å². The second-order valence-electron chi connectivity index (χ2n) is 7.26. The van der Waals surface area contributed by atoms with Gasteiger partial charge < -0.3 is 14.7 Å². The highest BCUT2D eigenvalue weighted by Crippen LogP contribution is 2.30. The van der Waals surface area contributed by atoms with Crippen LogP contribution in [0.25, 0.3) is 0 Å². The van der Waals surface area contributed by atoms with Crippen LogP contribution in [0.5, 0.6) is 0 Å². The van der Waals surface area contributed by atoms with Gasteiger partial charge in [0, 0.05) is 37.8 Å². The fraction of sp³-hybridized carbons (Fsp3) is 0.579. The molecule has 1 aromatic carbocycles. The standard InChI is InChI=1S/C19H25N3O2/c1-14-5-2-3-7-17(14)18(23)20-11-8-15(9-12-20)22-13-16-6-4-10-21(16)19(22)24/h2-3,5,7,15-16H,4,6,8-13H2,1H3. The van der Waals surface area contributed by atoms with Gasteiger partial charge in [-0.25, -0.2) is 4.79 Å². The minimum Gasteiger partial charge on any atom is -0.338 e. The Hall–Kier alpha value is -2.04. The molecule has 3 fully saturated rings. The Morgan fingerprint density at radius 2 is 1.75 bits per heavy atom. The first kappa shape index (κ1) is 15.5. The Morgan fingerprint density at radius 3 is 2.46 bits per heavy atom. The first-order valence-corrected chi connectivity index (χ1v) is 9.07. The van der Waals surface area contributed by atoms with E-state index in [-0.39, 0.29) is 11.9 Å². The molecule has 5 heteroatoms. The monoisotopic (exact) mass is 327 g/mol. The lowest BCUT2D eigenvalue weighted by atomic mass is 10.0. The van der Waals surface area contributed by atoms with Crippen molar-refractivity contribution < 1.29 is 9.59 Å². The van der Waals surface area contributed by atoms with Crippen molar-refractivity contribution in [3.8, 4) is 0 Å². The molecule has 3 amide bonds. The van der Waals surface area contributed by atoms with Crippen molar-refractivity contribution in [3.05, 3.63) is 35.4 Å². The lowest BCUT2D eigenvalue weighted by molar-refractivity contribution is 0.0661. The molecule has 1 unspecified atom stereocenters. The Balaban J connectivity index is 1.38. The number of nitrogens with zero attached hydrogens (tertiary/aromatic N) is 3. The van der Waals surface area contributed by atoms with Gasteiger partial charge in [0.1, 0.15) is 0 Å². The number of aryl methyl sites for hydroxylation is 1. The van der Waals surface area contributed by atoms with Crippen molar-refractivity contribution in [3.63, 3.8) is 0 Å². The van der Waals surface area contributed by atoms with Crippen molar-refractivity contribution in [1.29, 1.82) is 0 Å². The van der Waals surface area contributed by atoms with Crippen molar-refractivity contribution in [2.45, 2.75) is 44.7 Å². The number of piperidine rings is 1. The fourth-order valence-electron chi connectivity index (χ4n) is 4.42. The zero-order valence-corrected chi connectivity index (χ0v) is 14.3. The SMILES string of the molecule is Cc1ccccc1C(=O)N1CCC(N2CC3CCCN3C2=O)CC1. The maximum Gasteiger partial charge on any atom is 0.320 e. The molecule has 1 aromatic rings. The molecule has 3 aliphatic rings. The number of fused-ring (bicyclic) bond motifs is 1. The molecular formula is C19H25N3O2. The van der Waals surface area contributed by atoms with E-state index in [1.165, 1.54) is 0 Å². The minimum absolute atomic E-state index is 0.125. The number of carbonyl (C=O) groups excluding carboxylic acids is 2. The second kappa shape index (κ2) is 6.11. The van der Waals surface area contributed by atoms with Crippen LogP contribution >= 0.6 is 0 Å². The molecule has 0 N–H and O–H groups in total. The van der Waals surface area contributed by atoms with Gasteiger partial charge in [-0.15, -0.1) is 0 Å². The number of hydrogen-bond donors (Lipinski definition) is 0. The highest BCUT2D eigenvalue weighted by molar-refractivity contribution is 5.95. The molecule has 0 radical (unpaired) electrons. The smallest absolute Gasteiger partial charge is 0.320 e. The van der Waals surface area contributed by atoms with Crippen LogP contribution in [0.15, 0.2) is 24.3 Å². The Labute approximate surface area is 143 Å². The number of hydrogen-bond acceptors (Lipinski definition) is 2. The lowest BCUT2D eigenvalue weighted by Crippen LogP contribution is -2.48. The van der Waals surface area contributed by atoms with E-state index in [9.17, 15) is 9.59 Å². The summed E-state index contributed by atoms with van der Waals surface area (Å²) >= 11 is 0. The Kier molecular flexibility index (Phi) is 3.94. The van der Waals surface area contributed by atoms with Gasteiger partial charge in [-0.2, -0.15) is 0 Å². The van der Waals surface area contributed by atoms with Gasteiger partial charge in [0.15, 0.2) is 0 Å². The van der Waals surface area contributed by atoms with Crippen molar-refractivity contribution in [2.75, 3.05) is 26.2 Å². The number of urea groups is 1. The van der Waals surface area contributed by atoms with E-state index in [1.54, 1.807) is 0 Å². The van der Waals surface area contributed by atoms with Gasteiger partial charge in [-0.05, 0) is 44.2 Å². The molecule has 3 heterocycles. The lowest BCUT2D eigenvalue weighted by Gasteiger charge is -2.36. The van der Waals surface area contributed by atoms with E-state index in [2.05, 4.69) is 4.90 Å². The van der Waals surface area contributed by atoms with Gasteiger partial charge in [0.25, 0.3) is 5.91 Å². The molecule has 3 saturated heterocycles. The first-order valence-electron chi connectivity index (χ1n) is 9.07. The van der Waals surface area contributed by atoms with Crippen LogP contribution in [0.2, 0.25) is 0 Å². The molecule has 5 nitrogen and oxygen atoms in total. The number of benzene rings is 1. The highest BCUT2D eigenvalue weighted by atomic mass is 16.2. The predicted octanol–water partition coefficient (Wildman–Crippen LogP) is 2.50. The van der Waals surface area contributed by atoms with Gasteiger partial charge >= 0.3 is 6.03 Å². The van der Waals surface area contributed by atoms with Gasteiger partial charge in [-0.1, -0.05) is 18.2 Å².